The summed E-state index contributed by atoms with van der Waals surface area (Å²) in [5.74, 6) is 0. The number of thiophene rings is 1. The van der Waals surface area contributed by atoms with Crippen LogP contribution in [-0.2, 0) is 38.4 Å². The van der Waals surface area contributed by atoms with Crippen LogP contribution in [0.5, 0.6) is 0 Å². The molecule has 3 rings (SSSR count). The summed E-state index contributed by atoms with van der Waals surface area (Å²) in [5, 5.41) is 8.22. The summed E-state index contributed by atoms with van der Waals surface area (Å²) in [5.41, 5.74) is 4.20. The fourth-order valence-corrected chi connectivity index (χ4v) is 4.33. The monoisotopic (exact) mass is 303 g/mol. The molecule has 0 saturated carbocycles. The second-order valence-electron chi connectivity index (χ2n) is 7.04. The van der Waals surface area contributed by atoms with Crippen molar-refractivity contribution in [3.05, 3.63) is 38.8 Å². The van der Waals surface area contributed by atoms with E-state index in [1.807, 2.05) is 23.1 Å². The predicted octanol–water partition coefficient (Wildman–Crippen LogP) is 3.56. The fourth-order valence-electron chi connectivity index (χ4n) is 3.10. The van der Waals surface area contributed by atoms with E-state index in [-0.39, 0.29) is 5.41 Å². The van der Waals surface area contributed by atoms with E-state index in [0.717, 1.165) is 13.1 Å². The Morgan fingerprint density at radius 1 is 1.29 bits per heavy atom. The van der Waals surface area contributed by atoms with Crippen molar-refractivity contribution >= 4 is 11.3 Å². The molecule has 0 bridgehead atoms. The van der Waals surface area contributed by atoms with Crippen LogP contribution in [0.3, 0.4) is 0 Å². The van der Waals surface area contributed by atoms with Crippen LogP contribution in [0.2, 0.25) is 0 Å². The highest BCUT2D eigenvalue weighted by Crippen LogP contribution is 2.30. The maximum absolute atomic E-state index is 4.63. The van der Waals surface area contributed by atoms with E-state index in [1.54, 1.807) is 10.4 Å². The molecule has 1 aliphatic carbocycles. The van der Waals surface area contributed by atoms with E-state index >= 15 is 0 Å². The summed E-state index contributed by atoms with van der Waals surface area (Å²) in [6.07, 6.45) is 6.06. The first kappa shape index (κ1) is 14.8. The largest absolute Gasteiger partial charge is 0.308 e. The molecule has 1 N–H and O–H groups in total. The average Bonchev–Trinajstić information content (AvgIpc) is 3.02. The minimum atomic E-state index is 0.0996. The van der Waals surface area contributed by atoms with Crippen LogP contribution < -0.4 is 5.32 Å². The van der Waals surface area contributed by atoms with Gasteiger partial charge in [0, 0.05) is 47.1 Å². The topological polar surface area (TPSA) is 29.9 Å². The Bertz CT molecular complexity index is 609. The molecule has 0 amide bonds. The minimum Gasteiger partial charge on any atom is -0.308 e. The van der Waals surface area contributed by atoms with Gasteiger partial charge in [-0.05, 0) is 30.9 Å². The SMILES string of the molecule is Cn1cc(CNCc2cc3c(s2)CCC3)c(C(C)(C)C)n1. The van der Waals surface area contributed by atoms with Gasteiger partial charge in [0.2, 0.25) is 0 Å². The zero-order chi connectivity index (χ0) is 15.0. The molecule has 1 aliphatic rings. The van der Waals surface area contributed by atoms with Crippen LogP contribution in [-0.4, -0.2) is 9.78 Å². The Kier molecular flexibility index (Phi) is 3.93. The van der Waals surface area contributed by atoms with Crippen LogP contribution in [0, 0.1) is 0 Å². The minimum absolute atomic E-state index is 0.0996. The van der Waals surface area contributed by atoms with Crippen LogP contribution in [0.25, 0.3) is 0 Å². The maximum Gasteiger partial charge on any atom is 0.0722 e. The molecular formula is C17H25N3S. The Morgan fingerprint density at radius 2 is 2.10 bits per heavy atom. The molecule has 0 atom stereocenters. The quantitative estimate of drug-likeness (QED) is 0.936. The van der Waals surface area contributed by atoms with Crippen molar-refractivity contribution in [3.8, 4) is 0 Å². The van der Waals surface area contributed by atoms with Crippen LogP contribution in [0.15, 0.2) is 12.3 Å². The van der Waals surface area contributed by atoms with Gasteiger partial charge in [0.15, 0.2) is 0 Å². The number of aromatic nitrogens is 2. The molecule has 4 heteroatoms. The number of nitrogens with one attached hydrogen (secondary N) is 1. The Hall–Kier alpha value is -1.13. The van der Waals surface area contributed by atoms with E-state index in [2.05, 4.69) is 43.4 Å². The van der Waals surface area contributed by atoms with Gasteiger partial charge in [-0.2, -0.15) is 5.10 Å². The first-order valence-corrected chi connectivity index (χ1v) is 8.59. The standard InChI is InChI=1S/C17H25N3S/c1-17(2,3)16-13(11-20(4)19-16)9-18-10-14-8-12-6-5-7-15(12)21-14/h8,11,18H,5-7,9-10H2,1-4H3. The first-order valence-electron chi connectivity index (χ1n) is 7.77. The molecule has 114 valence electrons. The fraction of sp³-hybridized carbons (Fsp3) is 0.588. The number of nitrogens with zero attached hydrogens (tertiary/aromatic N) is 2. The van der Waals surface area contributed by atoms with Crippen molar-refractivity contribution in [1.82, 2.24) is 15.1 Å². The third-order valence-electron chi connectivity index (χ3n) is 4.03. The molecule has 0 fully saturated rings. The van der Waals surface area contributed by atoms with Gasteiger partial charge >= 0.3 is 0 Å². The van der Waals surface area contributed by atoms with Crippen molar-refractivity contribution in [2.75, 3.05) is 0 Å². The highest BCUT2D eigenvalue weighted by Gasteiger charge is 2.21. The summed E-state index contributed by atoms with van der Waals surface area (Å²) in [7, 11) is 2.00. The lowest BCUT2D eigenvalue weighted by atomic mass is 9.89. The van der Waals surface area contributed by atoms with Gasteiger partial charge in [0.05, 0.1) is 5.69 Å². The van der Waals surface area contributed by atoms with Crippen molar-refractivity contribution in [1.29, 1.82) is 0 Å². The van der Waals surface area contributed by atoms with Gasteiger partial charge in [-0.3, -0.25) is 4.68 Å². The van der Waals surface area contributed by atoms with Gasteiger partial charge < -0.3 is 5.32 Å². The number of fused-ring (bicyclic) bond motifs is 1. The number of hydrogen-bond donors (Lipinski definition) is 1. The molecule has 0 spiro atoms. The molecule has 21 heavy (non-hydrogen) atoms. The Labute approximate surface area is 131 Å². The zero-order valence-corrected chi connectivity index (χ0v) is 14.3. The number of rotatable bonds is 4. The van der Waals surface area contributed by atoms with Crippen LogP contribution in [0.4, 0.5) is 0 Å². The summed E-state index contributed by atoms with van der Waals surface area (Å²) in [4.78, 5) is 3.09. The van der Waals surface area contributed by atoms with Crippen LogP contribution >= 0.6 is 11.3 Å². The van der Waals surface area contributed by atoms with Gasteiger partial charge in [0.1, 0.15) is 0 Å². The molecular weight excluding hydrogens is 278 g/mol. The van der Waals surface area contributed by atoms with E-state index < -0.39 is 0 Å². The Morgan fingerprint density at radius 3 is 2.81 bits per heavy atom. The van der Waals surface area contributed by atoms with Crippen molar-refractivity contribution in [2.45, 2.75) is 58.5 Å². The van der Waals surface area contributed by atoms with Crippen molar-refractivity contribution in [2.24, 2.45) is 7.05 Å². The van der Waals surface area contributed by atoms with E-state index in [1.165, 1.54) is 35.4 Å². The second kappa shape index (κ2) is 5.58. The number of aryl methyl sites for hydroxylation is 3. The highest BCUT2D eigenvalue weighted by molar-refractivity contribution is 7.12. The molecule has 0 saturated heterocycles. The molecule has 2 heterocycles. The van der Waals surface area contributed by atoms with E-state index in [4.69, 9.17) is 0 Å². The third-order valence-corrected chi connectivity index (χ3v) is 5.26. The third kappa shape index (κ3) is 3.22. The second-order valence-corrected chi connectivity index (χ2v) is 8.27. The van der Waals surface area contributed by atoms with Crippen molar-refractivity contribution in [3.63, 3.8) is 0 Å². The smallest absolute Gasteiger partial charge is 0.0722 e. The molecule has 2 aromatic heterocycles. The molecule has 2 aromatic rings. The molecule has 0 radical (unpaired) electrons. The molecule has 0 aromatic carbocycles. The molecule has 0 unspecified atom stereocenters. The summed E-state index contributed by atoms with van der Waals surface area (Å²) in [6.45, 7) is 8.53. The summed E-state index contributed by atoms with van der Waals surface area (Å²) < 4.78 is 1.93. The number of hydrogen-bond acceptors (Lipinski definition) is 3. The van der Waals surface area contributed by atoms with Gasteiger partial charge in [0.25, 0.3) is 0 Å². The summed E-state index contributed by atoms with van der Waals surface area (Å²) in [6, 6.07) is 2.40. The van der Waals surface area contributed by atoms with Crippen molar-refractivity contribution < 1.29 is 0 Å². The average molecular weight is 303 g/mol. The normalized spacial score (nSPS) is 14.7. The lowest BCUT2D eigenvalue weighted by molar-refractivity contribution is 0.543. The van der Waals surface area contributed by atoms with E-state index in [9.17, 15) is 0 Å². The molecule has 3 nitrogen and oxygen atoms in total. The zero-order valence-electron chi connectivity index (χ0n) is 13.5. The van der Waals surface area contributed by atoms with E-state index in [0.29, 0.717) is 0 Å². The van der Waals surface area contributed by atoms with Gasteiger partial charge in [-0.25, -0.2) is 0 Å². The van der Waals surface area contributed by atoms with Gasteiger partial charge in [-0.1, -0.05) is 20.8 Å². The first-order chi connectivity index (χ1) is 9.93. The summed E-state index contributed by atoms with van der Waals surface area (Å²) >= 11 is 1.99. The molecule has 0 aliphatic heterocycles. The van der Waals surface area contributed by atoms with Crippen LogP contribution in [0.1, 0.15) is 53.8 Å². The lowest BCUT2D eigenvalue weighted by Gasteiger charge is -2.17. The van der Waals surface area contributed by atoms with Gasteiger partial charge in [-0.15, -0.1) is 11.3 Å². The Balaban J connectivity index is 1.62. The highest BCUT2D eigenvalue weighted by atomic mass is 32.1. The maximum atomic E-state index is 4.63. The predicted molar refractivity (Wildman–Crippen MR) is 88.8 cm³/mol. The lowest BCUT2D eigenvalue weighted by Crippen LogP contribution is -2.18.